The van der Waals surface area contributed by atoms with Crippen LogP contribution in [0.4, 0.5) is 18.9 Å². The van der Waals surface area contributed by atoms with E-state index in [1.807, 2.05) is 6.92 Å². The van der Waals surface area contributed by atoms with Crippen molar-refractivity contribution < 1.29 is 22.7 Å². The Kier molecular flexibility index (Phi) is 6.61. The minimum absolute atomic E-state index is 0.129. The van der Waals surface area contributed by atoms with Gasteiger partial charge in [-0.25, -0.2) is 9.97 Å². The average Bonchev–Trinajstić information content (AvgIpc) is 2.72. The predicted octanol–water partition coefficient (Wildman–Crippen LogP) is 5.21. The van der Waals surface area contributed by atoms with E-state index < -0.39 is 17.8 Å². The Bertz CT molecular complexity index is 1040. The van der Waals surface area contributed by atoms with Crippen molar-refractivity contribution in [3.63, 3.8) is 0 Å². The average molecular weight is 433 g/mol. The van der Waals surface area contributed by atoms with Crippen molar-refractivity contribution in [1.82, 2.24) is 9.97 Å². The molecule has 156 valence electrons. The van der Waals surface area contributed by atoms with Crippen LogP contribution in [0, 0.1) is 6.92 Å². The lowest BCUT2D eigenvalue weighted by molar-refractivity contribution is -0.141. The molecule has 1 heterocycles. The number of nitrogens with one attached hydrogen (secondary N) is 1. The van der Waals surface area contributed by atoms with Crippen LogP contribution in [0.15, 0.2) is 59.8 Å². The molecule has 0 aliphatic rings. The number of aryl methyl sites for hydroxylation is 1. The molecule has 0 bridgehead atoms. The maximum Gasteiger partial charge on any atom is 0.433 e. The molecule has 0 aliphatic heterocycles. The van der Waals surface area contributed by atoms with Crippen molar-refractivity contribution in [2.24, 2.45) is 0 Å². The van der Waals surface area contributed by atoms with Gasteiger partial charge in [-0.2, -0.15) is 13.2 Å². The van der Waals surface area contributed by atoms with Gasteiger partial charge in [-0.3, -0.25) is 4.79 Å². The van der Waals surface area contributed by atoms with Crippen LogP contribution in [0.2, 0.25) is 0 Å². The van der Waals surface area contributed by atoms with Gasteiger partial charge in [0, 0.05) is 5.56 Å². The van der Waals surface area contributed by atoms with Crippen molar-refractivity contribution in [2.75, 3.05) is 18.2 Å². The van der Waals surface area contributed by atoms with Gasteiger partial charge in [-0.1, -0.05) is 53.7 Å². The van der Waals surface area contributed by atoms with Gasteiger partial charge in [-0.15, -0.1) is 0 Å². The fourth-order valence-electron chi connectivity index (χ4n) is 2.57. The number of alkyl halides is 3. The summed E-state index contributed by atoms with van der Waals surface area (Å²) < 4.78 is 45.1. The fraction of sp³-hybridized carbons (Fsp3) is 0.190. The zero-order valence-corrected chi connectivity index (χ0v) is 17.0. The number of nitrogens with zero attached hydrogens (tertiary/aromatic N) is 2. The van der Waals surface area contributed by atoms with Crippen molar-refractivity contribution in [3.8, 4) is 17.0 Å². The first kappa shape index (κ1) is 21.6. The number of halogens is 3. The largest absolute Gasteiger partial charge is 0.495 e. The summed E-state index contributed by atoms with van der Waals surface area (Å²) in [5, 5.41) is 2.54. The fourth-order valence-corrected chi connectivity index (χ4v) is 3.23. The highest BCUT2D eigenvalue weighted by Crippen LogP contribution is 2.32. The molecule has 3 aromatic rings. The van der Waals surface area contributed by atoms with Crippen molar-refractivity contribution in [2.45, 2.75) is 18.3 Å². The Labute approximate surface area is 175 Å². The van der Waals surface area contributed by atoms with Crippen molar-refractivity contribution in [3.05, 3.63) is 65.9 Å². The number of benzene rings is 2. The van der Waals surface area contributed by atoms with Gasteiger partial charge in [0.15, 0.2) is 5.16 Å². The second-order valence-corrected chi connectivity index (χ2v) is 7.26. The highest BCUT2D eigenvalue weighted by Gasteiger charge is 2.34. The van der Waals surface area contributed by atoms with Gasteiger partial charge in [0.25, 0.3) is 0 Å². The standard InChI is InChI=1S/C21H18F3N3O2S/c1-13-7-9-14(10-8-13)16-11-18(21(22,23)24)27-20(26-16)30-12-19(28)25-15-5-3-4-6-17(15)29-2/h3-11H,12H2,1-2H3,(H,25,28). The number of rotatable bonds is 6. The second-order valence-electron chi connectivity index (χ2n) is 6.32. The molecule has 1 aromatic heterocycles. The van der Waals surface area contributed by atoms with E-state index in [-0.39, 0.29) is 16.6 Å². The Balaban J connectivity index is 1.80. The van der Waals surface area contributed by atoms with Crippen molar-refractivity contribution in [1.29, 1.82) is 0 Å². The number of methoxy groups -OCH3 is 1. The van der Waals surface area contributed by atoms with Gasteiger partial charge in [0.2, 0.25) is 5.91 Å². The Morgan fingerprint density at radius 1 is 1.10 bits per heavy atom. The number of hydrogen-bond acceptors (Lipinski definition) is 5. The summed E-state index contributed by atoms with van der Waals surface area (Å²) >= 11 is 0.828. The van der Waals surface area contributed by atoms with Gasteiger partial charge in [-0.05, 0) is 25.1 Å². The summed E-state index contributed by atoms with van der Waals surface area (Å²) in [6, 6.07) is 14.7. The zero-order chi connectivity index (χ0) is 21.7. The van der Waals surface area contributed by atoms with Crippen LogP contribution in [0.3, 0.4) is 0 Å². The van der Waals surface area contributed by atoms with E-state index in [1.54, 1.807) is 48.5 Å². The van der Waals surface area contributed by atoms with Gasteiger partial charge < -0.3 is 10.1 Å². The number of aromatic nitrogens is 2. The summed E-state index contributed by atoms with van der Waals surface area (Å²) in [6.07, 6.45) is -4.63. The Morgan fingerprint density at radius 3 is 2.47 bits per heavy atom. The molecule has 0 saturated carbocycles. The third-order valence-electron chi connectivity index (χ3n) is 4.06. The molecular formula is C21H18F3N3O2S. The molecule has 30 heavy (non-hydrogen) atoms. The summed E-state index contributed by atoms with van der Waals surface area (Å²) in [5.74, 6) is -0.0950. The molecule has 0 saturated heterocycles. The molecular weight excluding hydrogens is 415 g/mol. The van der Waals surface area contributed by atoms with E-state index in [1.165, 1.54) is 7.11 Å². The number of carbonyl (C=O) groups excluding carboxylic acids is 1. The Morgan fingerprint density at radius 2 is 1.80 bits per heavy atom. The van der Waals surface area contributed by atoms with Crippen LogP contribution >= 0.6 is 11.8 Å². The van der Waals surface area contributed by atoms with Crippen LogP contribution in [0.25, 0.3) is 11.3 Å². The first-order valence-electron chi connectivity index (χ1n) is 8.85. The SMILES string of the molecule is COc1ccccc1NC(=O)CSc1nc(-c2ccc(C)cc2)cc(C(F)(F)F)n1. The Hall–Kier alpha value is -3.07. The highest BCUT2D eigenvalue weighted by atomic mass is 32.2. The normalized spacial score (nSPS) is 11.2. The number of anilines is 1. The molecule has 0 atom stereocenters. The molecule has 0 radical (unpaired) electrons. The lowest BCUT2D eigenvalue weighted by Gasteiger charge is -2.11. The quantitative estimate of drug-likeness (QED) is 0.427. The smallest absolute Gasteiger partial charge is 0.433 e. The summed E-state index contributed by atoms with van der Waals surface area (Å²) in [5.41, 5.74) is 1.07. The molecule has 1 amide bonds. The van der Waals surface area contributed by atoms with Crippen LogP contribution < -0.4 is 10.1 Å². The number of thioether (sulfide) groups is 1. The van der Waals surface area contributed by atoms with E-state index in [0.717, 1.165) is 23.4 Å². The maximum absolute atomic E-state index is 13.3. The molecule has 0 unspecified atom stereocenters. The van der Waals surface area contributed by atoms with Gasteiger partial charge in [0.1, 0.15) is 11.4 Å². The second kappa shape index (κ2) is 9.17. The minimum Gasteiger partial charge on any atom is -0.495 e. The lowest BCUT2D eigenvalue weighted by atomic mass is 10.1. The number of carbonyl (C=O) groups is 1. The van der Waals surface area contributed by atoms with Gasteiger partial charge in [0.05, 0.1) is 24.2 Å². The molecule has 2 aromatic carbocycles. The number of hydrogen-bond donors (Lipinski definition) is 1. The third-order valence-corrected chi connectivity index (χ3v) is 4.90. The minimum atomic E-state index is -4.63. The first-order chi connectivity index (χ1) is 14.3. The van der Waals surface area contributed by atoms with E-state index in [9.17, 15) is 18.0 Å². The monoisotopic (exact) mass is 433 g/mol. The first-order valence-corrected chi connectivity index (χ1v) is 9.84. The zero-order valence-electron chi connectivity index (χ0n) is 16.2. The van der Waals surface area contributed by atoms with E-state index >= 15 is 0 Å². The maximum atomic E-state index is 13.3. The van der Waals surface area contributed by atoms with Crippen molar-refractivity contribution >= 4 is 23.4 Å². The molecule has 1 N–H and O–H groups in total. The molecule has 0 spiro atoms. The van der Waals surface area contributed by atoms with E-state index in [4.69, 9.17) is 4.74 Å². The lowest BCUT2D eigenvalue weighted by Crippen LogP contribution is -2.15. The summed E-state index contributed by atoms with van der Waals surface area (Å²) in [7, 11) is 1.48. The molecule has 5 nitrogen and oxygen atoms in total. The number of para-hydroxylation sites is 2. The number of ether oxygens (including phenoxy) is 1. The van der Waals surface area contributed by atoms with E-state index in [0.29, 0.717) is 17.0 Å². The van der Waals surface area contributed by atoms with Crippen LogP contribution in [0.5, 0.6) is 5.75 Å². The molecule has 0 fully saturated rings. The molecule has 0 aliphatic carbocycles. The predicted molar refractivity (Wildman–Crippen MR) is 110 cm³/mol. The number of amides is 1. The van der Waals surface area contributed by atoms with Crippen LogP contribution in [0.1, 0.15) is 11.3 Å². The molecule has 9 heteroatoms. The third kappa shape index (κ3) is 5.50. The van der Waals surface area contributed by atoms with Crippen LogP contribution in [-0.2, 0) is 11.0 Å². The highest BCUT2D eigenvalue weighted by molar-refractivity contribution is 7.99. The van der Waals surface area contributed by atoms with Gasteiger partial charge >= 0.3 is 6.18 Å². The summed E-state index contributed by atoms with van der Waals surface area (Å²) in [6.45, 7) is 1.88. The van der Waals surface area contributed by atoms with Crippen LogP contribution in [-0.4, -0.2) is 28.7 Å². The summed E-state index contributed by atoms with van der Waals surface area (Å²) in [4.78, 5) is 20.1. The van der Waals surface area contributed by atoms with E-state index in [2.05, 4.69) is 15.3 Å². The topological polar surface area (TPSA) is 64.1 Å². The molecule has 3 rings (SSSR count).